The molecule has 1 aliphatic heterocycles. The lowest BCUT2D eigenvalue weighted by Gasteiger charge is -2.39. The maximum absolute atomic E-state index is 9.34. The van der Waals surface area contributed by atoms with E-state index in [9.17, 15) is 5.11 Å². The Labute approximate surface area is 105 Å². The van der Waals surface area contributed by atoms with Gasteiger partial charge in [-0.3, -0.25) is 0 Å². The van der Waals surface area contributed by atoms with Crippen LogP contribution in [-0.4, -0.2) is 31.5 Å². The van der Waals surface area contributed by atoms with Crippen molar-refractivity contribution in [1.29, 1.82) is 0 Å². The van der Waals surface area contributed by atoms with E-state index in [1.165, 1.54) is 0 Å². The van der Waals surface area contributed by atoms with Crippen molar-refractivity contribution in [1.82, 2.24) is 0 Å². The second-order valence-electron chi connectivity index (χ2n) is 5.04. The van der Waals surface area contributed by atoms with Crippen molar-refractivity contribution in [3.63, 3.8) is 0 Å². The molecule has 2 heterocycles. The molecule has 0 bridgehead atoms. The highest BCUT2D eigenvalue weighted by Gasteiger charge is 2.39. The summed E-state index contributed by atoms with van der Waals surface area (Å²) >= 11 is 0. The minimum absolute atomic E-state index is 0.0851. The predicted octanol–water partition coefficient (Wildman–Crippen LogP) is 2.13. The number of hydrogen-bond donors (Lipinski definition) is 1. The minimum Gasteiger partial charge on any atom is -0.489 e. The zero-order valence-electron chi connectivity index (χ0n) is 10.3. The van der Waals surface area contributed by atoms with Crippen LogP contribution in [0.3, 0.4) is 0 Å². The average molecular weight is 248 g/mol. The monoisotopic (exact) mass is 248 g/mol. The molecule has 1 saturated heterocycles. The van der Waals surface area contributed by atoms with Gasteiger partial charge in [0, 0.05) is 0 Å². The quantitative estimate of drug-likeness (QED) is 0.900. The standard InChI is InChI=1S/C14H16O4/c1-10-2-3-12-11(4-10)13(5-17-12)18-9-14(6-15)7-16-8-14/h2-5,15H,6-9H2,1H3. The molecular formula is C14H16O4. The lowest BCUT2D eigenvalue weighted by molar-refractivity contribution is -0.153. The predicted molar refractivity (Wildman–Crippen MR) is 66.8 cm³/mol. The number of ether oxygens (including phenoxy) is 2. The zero-order valence-corrected chi connectivity index (χ0v) is 10.3. The summed E-state index contributed by atoms with van der Waals surface area (Å²) in [4.78, 5) is 0. The van der Waals surface area contributed by atoms with E-state index in [0.717, 1.165) is 22.3 Å². The van der Waals surface area contributed by atoms with Crippen molar-refractivity contribution in [2.45, 2.75) is 6.92 Å². The van der Waals surface area contributed by atoms with Crippen LogP contribution < -0.4 is 4.74 Å². The number of aliphatic hydroxyl groups is 1. The van der Waals surface area contributed by atoms with Crippen LogP contribution in [0, 0.1) is 12.3 Å². The fourth-order valence-electron chi connectivity index (χ4n) is 2.07. The van der Waals surface area contributed by atoms with Crippen LogP contribution >= 0.6 is 0 Å². The van der Waals surface area contributed by atoms with Gasteiger partial charge in [0.25, 0.3) is 0 Å². The molecular weight excluding hydrogens is 232 g/mol. The van der Waals surface area contributed by atoms with E-state index in [1.807, 2.05) is 25.1 Å². The number of hydrogen-bond acceptors (Lipinski definition) is 4. The first-order valence-electron chi connectivity index (χ1n) is 6.02. The number of fused-ring (bicyclic) bond motifs is 1. The molecule has 0 aliphatic carbocycles. The first-order valence-corrected chi connectivity index (χ1v) is 6.02. The van der Waals surface area contributed by atoms with Crippen LogP contribution in [0.15, 0.2) is 28.9 Å². The molecule has 0 amide bonds. The van der Waals surface area contributed by atoms with Crippen molar-refractivity contribution < 1.29 is 19.0 Å². The third kappa shape index (κ3) is 1.87. The summed E-state index contributed by atoms with van der Waals surface area (Å²) in [7, 11) is 0. The molecule has 96 valence electrons. The number of aliphatic hydroxyl groups excluding tert-OH is 1. The van der Waals surface area contributed by atoms with E-state index in [1.54, 1.807) is 6.26 Å². The zero-order chi connectivity index (χ0) is 12.6. The molecule has 0 unspecified atom stereocenters. The highest BCUT2D eigenvalue weighted by Crippen LogP contribution is 2.32. The fourth-order valence-corrected chi connectivity index (χ4v) is 2.07. The number of furan rings is 1. The first-order chi connectivity index (χ1) is 8.72. The maximum Gasteiger partial charge on any atom is 0.165 e. The number of benzene rings is 1. The summed E-state index contributed by atoms with van der Waals surface area (Å²) < 4.78 is 16.4. The smallest absolute Gasteiger partial charge is 0.165 e. The van der Waals surface area contributed by atoms with Crippen LogP contribution in [0.4, 0.5) is 0 Å². The van der Waals surface area contributed by atoms with Crippen molar-refractivity contribution in [3.8, 4) is 5.75 Å². The molecule has 1 aromatic carbocycles. The van der Waals surface area contributed by atoms with Crippen molar-refractivity contribution in [3.05, 3.63) is 30.0 Å². The van der Waals surface area contributed by atoms with E-state index in [-0.39, 0.29) is 12.0 Å². The molecule has 4 nitrogen and oxygen atoms in total. The summed E-state index contributed by atoms with van der Waals surface area (Å²) in [5.41, 5.74) is 1.74. The summed E-state index contributed by atoms with van der Waals surface area (Å²) in [6.45, 7) is 3.68. The van der Waals surface area contributed by atoms with Crippen LogP contribution in [0.2, 0.25) is 0 Å². The van der Waals surface area contributed by atoms with Gasteiger partial charge in [-0.15, -0.1) is 0 Å². The van der Waals surface area contributed by atoms with Crippen LogP contribution in [0.1, 0.15) is 5.56 Å². The van der Waals surface area contributed by atoms with Crippen LogP contribution in [0.25, 0.3) is 11.0 Å². The van der Waals surface area contributed by atoms with Gasteiger partial charge in [-0.2, -0.15) is 0 Å². The Morgan fingerprint density at radius 1 is 1.39 bits per heavy atom. The van der Waals surface area contributed by atoms with Crippen molar-refractivity contribution >= 4 is 11.0 Å². The van der Waals surface area contributed by atoms with Crippen molar-refractivity contribution in [2.24, 2.45) is 5.41 Å². The lowest BCUT2D eigenvalue weighted by Crippen LogP contribution is -2.49. The molecule has 18 heavy (non-hydrogen) atoms. The summed E-state index contributed by atoms with van der Waals surface area (Å²) in [5, 5.41) is 10.3. The molecule has 0 spiro atoms. The molecule has 0 atom stereocenters. The number of aryl methyl sites for hydroxylation is 1. The van der Waals surface area contributed by atoms with Gasteiger partial charge in [0.05, 0.1) is 30.6 Å². The van der Waals surface area contributed by atoms with Gasteiger partial charge < -0.3 is 19.0 Å². The number of rotatable bonds is 4. The molecule has 1 N–H and O–H groups in total. The molecule has 1 aromatic heterocycles. The molecule has 4 heteroatoms. The van der Waals surface area contributed by atoms with Gasteiger partial charge in [0.2, 0.25) is 0 Å². The fraction of sp³-hybridized carbons (Fsp3) is 0.429. The van der Waals surface area contributed by atoms with E-state index in [4.69, 9.17) is 13.9 Å². The molecule has 0 saturated carbocycles. The third-order valence-corrected chi connectivity index (χ3v) is 3.38. The SMILES string of the molecule is Cc1ccc2occ(OCC3(CO)COC3)c2c1. The Kier molecular flexibility index (Phi) is 2.76. The lowest BCUT2D eigenvalue weighted by atomic mass is 9.88. The minimum atomic E-state index is -0.243. The summed E-state index contributed by atoms with van der Waals surface area (Å²) in [6, 6.07) is 5.98. The topological polar surface area (TPSA) is 51.8 Å². The summed E-state index contributed by atoms with van der Waals surface area (Å²) in [5.74, 6) is 0.730. The summed E-state index contributed by atoms with van der Waals surface area (Å²) in [6.07, 6.45) is 1.62. The Balaban J connectivity index is 1.80. The highest BCUT2D eigenvalue weighted by molar-refractivity contribution is 5.84. The Bertz CT molecular complexity index is 548. The van der Waals surface area contributed by atoms with Gasteiger partial charge in [0.1, 0.15) is 18.5 Å². The van der Waals surface area contributed by atoms with E-state index < -0.39 is 0 Å². The highest BCUT2D eigenvalue weighted by atomic mass is 16.5. The second kappa shape index (κ2) is 4.30. The largest absolute Gasteiger partial charge is 0.489 e. The Hall–Kier alpha value is -1.52. The second-order valence-corrected chi connectivity index (χ2v) is 5.04. The van der Waals surface area contributed by atoms with Gasteiger partial charge >= 0.3 is 0 Å². The average Bonchev–Trinajstić information content (AvgIpc) is 2.71. The van der Waals surface area contributed by atoms with Crippen molar-refractivity contribution in [2.75, 3.05) is 26.4 Å². The van der Waals surface area contributed by atoms with Gasteiger partial charge in [0.15, 0.2) is 5.75 Å². The third-order valence-electron chi connectivity index (χ3n) is 3.38. The molecule has 0 radical (unpaired) electrons. The maximum atomic E-state index is 9.34. The molecule has 1 fully saturated rings. The molecule has 3 rings (SSSR count). The molecule has 2 aromatic rings. The Morgan fingerprint density at radius 3 is 2.89 bits per heavy atom. The van der Waals surface area contributed by atoms with Gasteiger partial charge in [-0.25, -0.2) is 0 Å². The Morgan fingerprint density at radius 2 is 2.22 bits per heavy atom. The van der Waals surface area contributed by atoms with Crippen LogP contribution in [0.5, 0.6) is 5.75 Å². The van der Waals surface area contributed by atoms with E-state index in [2.05, 4.69) is 0 Å². The van der Waals surface area contributed by atoms with Crippen LogP contribution in [-0.2, 0) is 4.74 Å². The van der Waals surface area contributed by atoms with Gasteiger partial charge in [-0.05, 0) is 19.1 Å². The normalized spacial score (nSPS) is 17.7. The van der Waals surface area contributed by atoms with E-state index >= 15 is 0 Å². The van der Waals surface area contributed by atoms with E-state index in [0.29, 0.717) is 19.8 Å². The van der Waals surface area contributed by atoms with Gasteiger partial charge in [-0.1, -0.05) is 11.6 Å². The molecule has 1 aliphatic rings. The first kappa shape index (κ1) is 11.6.